The third-order valence-electron chi connectivity index (χ3n) is 3.72. The average molecular weight is 319 g/mol. The Bertz CT molecular complexity index is 526. The van der Waals surface area contributed by atoms with Gasteiger partial charge in [0.25, 0.3) is 5.91 Å². The lowest BCUT2D eigenvalue weighted by Crippen LogP contribution is -2.35. The van der Waals surface area contributed by atoms with Crippen LogP contribution in [0, 0.1) is 0 Å². The van der Waals surface area contributed by atoms with Crippen LogP contribution in [0.3, 0.4) is 0 Å². The molecule has 2 N–H and O–H groups in total. The maximum absolute atomic E-state index is 12.3. The fraction of sp³-hybridized carbons (Fsp3) is 0.529. The van der Waals surface area contributed by atoms with Gasteiger partial charge in [-0.25, -0.2) is 4.79 Å². The van der Waals surface area contributed by atoms with Gasteiger partial charge in [0.15, 0.2) is 6.61 Å². The molecule has 3 amide bonds. The van der Waals surface area contributed by atoms with Crippen molar-refractivity contribution in [2.75, 3.05) is 31.6 Å². The highest BCUT2D eigenvalue weighted by Crippen LogP contribution is 2.18. The molecule has 0 unspecified atom stereocenters. The standard InChI is InChI=1S/C17H25N3O3/c1-2-18-16(21)13-23-15-9-7-8-14(12-15)19-17(22)20-10-5-3-4-6-11-20/h7-9,12H,2-6,10-11,13H2,1H3,(H,18,21)(H,19,22). The normalized spacial score (nSPS) is 14.7. The Morgan fingerprint density at radius 1 is 1.17 bits per heavy atom. The van der Waals surface area contributed by atoms with E-state index in [0.29, 0.717) is 18.0 Å². The summed E-state index contributed by atoms with van der Waals surface area (Å²) in [5, 5.41) is 5.57. The molecule has 0 aliphatic carbocycles. The van der Waals surface area contributed by atoms with E-state index in [9.17, 15) is 9.59 Å². The lowest BCUT2D eigenvalue weighted by atomic mass is 10.2. The van der Waals surface area contributed by atoms with Gasteiger partial charge in [0.1, 0.15) is 5.75 Å². The second-order valence-corrected chi connectivity index (χ2v) is 5.60. The molecule has 6 heteroatoms. The molecule has 1 heterocycles. The number of amides is 3. The van der Waals surface area contributed by atoms with E-state index in [1.54, 1.807) is 18.2 Å². The average Bonchev–Trinajstić information content (AvgIpc) is 2.83. The minimum Gasteiger partial charge on any atom is -0.484 e. The Labute approximate surface area is 137 Å². The van der Waals surface area contributed by atoms with E-state index in [2.05, 4.69) is 10.6 Å². The van der Waals surface area contributed by atoms with Crippen LogP contribution in [0.15, 0.2) is 24.3 Å². The Morgan fingerprint density at radius 2 is 1.91 bits per heavy atom. The van der Waals surface area contributed by atoms with Crippen molar-refractivity contribution in [1.29, 1.82) is 0 Å². The predicted molar refractivity (Wildman–Crippen MR) is 89.7 cm³/mol. The highest BCUT2D eigenvalue weighted by atomic mass is 16.5. The van der Waals surface area contributed by atoms with Crippen LogP contribution in [-0.2, 0) is 4.79 Å². The number of hydrogen-bond donors (Lipinski definition) is 2. The van der Waals surface area contributed by atoms with Crippen molar-refractivity contribution >= 4 is 17.6 Å². The van der Waals surface area contributed by atoms with Crippen LogP contribution in [0.5, 0.6) is 5.75 Å². The third-order valence-corrected chi connectivity index (χ3v) is 3.72. The summed E-state index contributed by atoms with van der Waals surface area (Å²) in [6, 6.07) is 7.03. The van der Waals surface area contributed by atoms with Gasteiger partial charge in [-0.2, -0.15) is 0 Å². The maximum Gasteiger partial charge on any atom is 0.321 e. The van der Waals surface area contributed by atoms with Crippen molar-refractivity contribution < 1.29 is 14.3 Å². The number of rotatable bonds is 5. The van der Waals surface area contributed by atoms with E-state index >= 15 is 0 Å². The summed E-state index contributed by atoms with van der Waals surface area (Å²) >= 11 is 0. The number of ether oxygens (including phenoxy) is 1. The summed E-state index contributed by atoms with van der Waals surface area (Å²) in [5.74, 6) is 0.399. The number of anilines is 1. The zero-order valence-electron chi connectivity index (χ0n) is 13.6. The first kappa shape index (κ1) is 17.1. The largest absolute Gasteiger partial charge is 0.484 e. The summed E-state index contributed by atoms with van der Waals surface area (Å²) < 4.78 is 5.43. The monoisotopic (exact) mass is 319 g/mol. The molecule has 2 rings (SSSR count). The van der Waals surface area contributed by atoms with Crippen LogP contribution in [0.4, 0.5) is 10.5 Å². The predicted octanol–water partition coefficient (Wildman–Crippen LogP) is 2.61. The van der Waals surface area contributed by atoms with Crippen molar-refractivity contribution in [2.45, 2.75) is 32.6 Å². The molecule has 1 fully saturated rings. The van der Waals surface area contributed by atoms with E-state index in [1.807, 2.05) is 17.9 Å². The molecular weight excluding hydrogens is 294 g/mol. The molecule has 0 saturated carbocycles. The maximum atomic E-state index is 12.3. The number of carbonyl (C=O) groups excluding carboxylic acids is 2. The number of urea groups is 1. The number of likely N-dealkylation sites (tertiary alicyclic amines) is 1. The molecular formula is C17H25N3O3. The molecule has 6 nitrogen and oxygen atoms in total. The minimum absolute atomic E-state index is 0.0304. The fourth-order valence-electron chi connectivity index (χ4n) is 2.54. The van der Waals surface area contributed by atoms with Gasteiger partial charge in [0.05, 0.1) is 0 Å². The smallest absolute Gasteiger partial charge is 0.321 e. The molecule has 1 aliphatic heterocycles. The van der Waals surface area contributed by atoms with E-state index in [1.165, 1.54) is 12.8 Å². The molecule has 126 valence electrons. The van der Waals surface area contributed by atoms with Gasteiger partial charge in [0.2, 0.25) is 0 Å². The van der Waals surface area contributed by atoms with Gasteiger partial charge in [-0.1, -0.05) is 18.9 Å². The highest BCUT2D eigenvalue weighted by Gasteiger charge is 2.15. The molecule has 0 bridgehead atoms. The second-order valence-electron chi connectivity index (χ2n) is 5.60. The second kappa shape index (κ2) is 9.02. The van der Waals surface area contributed by atoms with Gasteiger partial charge in [-0.3, -0.25) is 4.79 Å². The van der Waals surface area contributed by atoms with E-state index in [-0.39, 0.29) is 18.5 Å². The summed E-state index contributed by atoms with van der Waals surface area (Å²) in [6.07, 6.45) is 4.49. The van der Waals surface area contributed by atoms with Crippen molar-refractivity contribution in [3.05, 3.63) is 24.3 Å². The quantitative estimate of drug-likeness (QED) is 0.876. The number of benzene rings is 1. The molecule has 0 atom stereocenters. The van der Waals surface area contributed by atoms with Gasteiger partial charge < -0.3 is 20.3 Å². The van der Waals surface area contributed by atoms with Crippen LogP contribution in [0.2, 0.25) is 0 Å². The van der Waals surface area contributed by atoms with E-state index in [0.717, 1.165) is 25.9 Å². The number of carbonyl (C=O) groups is 2. The Kier molecular flexibility index (Phi) is 6.72. The minimum atomic E-state index is -0.161. The first-order chi connectivity index (χ1) is 11.2. The van der Waals surface area contributed by atoms with Crippen LogP contribution in [-0.4, -0.2) is 43.1 Å². The van der Waals surface area contributed by atoms with Gasteiger partial charge in [0, 0.05) is 31.4 Å². The van der Waals surface area contributed by atoms with Crippen molar-refractivity contribution in [3.63, 3.8) is 0 Å². The van der Waals surface area contributed by atoms with Crippen molar-refractivity contribution in [2.24, 2.45) is 0 Å². The Balaban J connectivity index is 1.88. The third kappa shape index (κ3) is 5.81. The van der Waals surface area contributed by atoms with E-state index in [4.69, 9.17) is 4.74 Å². The first-order valence-electron chi connectivity index (χ1n) is 8.24. The number of nitrogens with one attached hydrogen (secondary N) is 2. The summed E-state index contributed by atoms with van der Waals surface area (Å²) in [6.45, 7) is 4.01. The molecule has 0 radical (unpaired) electrons. The van der Waals surface area contributed by atoms with Crippen LogP contribution >= 0.6 is 0 Å². The van der Waals surface area contributed by atoms with Crippen LogP contribution < -0.4 is 15.4 Å². The summed E-state index contributed by atoms with van der Waals surface area (Å²) in [5.41, 5.74) is 0.674. The zero-order valence-corrected chi connectivity index (χ0v) is 13.6. The lowest BCUT2D eigenvalue weighted by Gasteiger charge is -2.21. The van der Waals surface area contributed by atoms with Gasteiger partial charge >= 0.3 is 6.03 Å². The molecule has 0 aromatic heterocycles. The van der Waals surface area contributed by atoms with E-state index < -0.39 is 0 Å². The van der Waals surface area contributed by atoms with Gasteiger partial charge in [-0.15, -0.1) is 0 Å². The molecule has 1 aliphatic rings. The molecule has 23 heavy (non-hydrogen) atoms. The molecule has 1 aromatic rings. The summed E-state index contributed by atoms with van der Waals surface area (Å²) in [7, 11) is 0. The fourth-order valence-corrected chi connectivity index (χ4v) is 2.54. The van der Waals surface area contributed by atoms with Crippen LogP contribution in [0.25, 0.3) is 0 Å². The lowest BCUT2D eigenvalue weighted by molar-refractivity contribution is -0.122. The summed E-state index contributed by atoms with van der Waals surface area (Å²) in [4.78, 5) is 25.6. The Morgan fingerprint density at radius 3 is 2.61 bits per heavy atom. The Hall–Kier alpha value is -2.24. The zero-order chi connectivity index (χ0) is 16.5. The van der Waals surface area contributed by atoms with Crippen LogP contribution in [0.1, 0.15) is 32.6 Å². The van der Waals surface area contributed by atoms with Crippen molar-refractivity contribution in [3.8, 4) is 5.75 Å². The number of likely N-dealkylation sites (N-methyl/N-ethyl adjacent to an activating group) is 1. The number of hydrogen-bond acceptors (Lipinski definition) is 3. The molecule has 1 saturated heterocycles. The van der Waals surface area contributed by atoms with Gasteiger partial charge in [-0.05, 0) is 31.9 Å². The molecule has 0 spiro atoms. The van der Waals surface area contributed by atoms with Crippen molar-refractivity contribution in [1.82, 2.24) is 10.2 Å². The molecule has 1 aromatic carbocycles. The highest BCUT2D eigenvalue weighted by molar-refractivity contribution is 5.89. The first-order valence-corrected chi connectivity index (χ1v) is 8.24. The SMILES string of the molecule is CCNC(=O)COc1cccc(NC(=O)N2CCCCCC2)c1. The number of nitrogens with zero attached hydrogens (tertiary/aromatic N) is 1. The topological polar surface area (TPSA) is 70.7 Å².